The third-order valence-corrected chi connectivity index (χ3v) is 1.35. The van der Waals surface area contributed by atoms with Crippen molar-refractivity contribution < 1.29 is 14.7 Å². The van der Waals surface area contributed by atoms with E-state index in [-0.39, 0.29) is 5.75 Å². The van der Waals surface area contributed by atoms with Crippen LogP contribution in [-0.2, 0) is 9.59 Å². The van der Waals surface area contributed by atoms with Crippen molar-refractivity contribution in [2.24, 2.45) is 5.73 Å². The molecule has 0 saturated heterocycles. The first-order valence-electron chi connectivity index (χ1n) is 3.49. The topological polar surface area (TPSA) is 92.4 Å². The number of nitrogens with two attached hydrogens (primary N) is 1. The van der Waals surface area contributed by atoms with Crippen LogP contribution in [0.2, 0.25) is 0 Å². The van der Waals surface area contributed by atoms with Crippen molar-refractivity contribution in [3.63, 3.8) is 0 Å². The lowest BCUT2D eigenvalue weighted by atomic mass is 10.3. The number of carbonyl (C=O) groups excluding carboxylic acids is 2. The lowest BCUT2D eigenvalue weighted by molar-refractivity contribution is -0.134. The average Bonchev–Trinajstić information content (AvgIpc) is 2.08. The highest BCUT2D eigenvalue weighted by Gasteiger charge is 2.07. The number of aromatic hydroxyl groups is 1. The van der Waals surface area contributed by atoms with Gasteiger partial charge in [-0.25, -0.2) is 0 Å². The summed E-state index contributed by atoms with van der Waals surface area (Å²) in [6, 6.07) is 5.68. The van der Waals surface area contributed by atoms with Gasteiger partial charge in [-0.2, -0.15) is 0 Å². The second-order valence-electron chi connectivity index (χ2n) is 2.37. The first-order chi connectivity index (χ1) is 6.09. The summed E-state index contributed by atoms with van der Waals surface area (Å²) < 4.78 is 0. The molecule has 0 aromatic heterocycles. The number of primary amides is 1. The quantitative estimate of drug-likeness (QED) is 0.413. The highest BCUT2D eigenvalue weighted by atomic mass is 16.3. The fraction of sp³-hybridized carbons (Fsp3) is 0. The van der Waals surface area contributed by atoms with Crippen LogP contribution in [0, 0.1) is 0 Å². The third kappa shape index (κ3) is 2.48. The summed E-state index contributed by atoms with van der Waals surface area (Å²) in [5.74, 6) is -1.85. The largest absolute Gasteiger partial charge is 0.508 e. The van der Waals surface area contributed by atoms with Gasteiger partial charge in [0.05, 0.1) is 0 Å². The van der Waals surface area contributed by atoms with Crippen LogP contribution in [0.4, 0.5) is 5.69 Å². The molecule has 0 fully saturated rings. The van der Waals surface area contributed by atoms with Gasteiger partial charge < -0.3 is 16.2 Å². The number of hydrogen-bond acceptors (Lipinski definition) is 3. The van der Waals surface area contributed by atoms with Gasteiger partial charge in [-0.15, -0.1) is 0 Å². The molecule has 2 amide bonds. The normalized spacial score (nSPS) is 9.23. The van der Waals surface area contributed by atoms with Crippen molar-refractivity contribution in [2.75, 3.05) is 5.32 Å². The van der Waals surface area contributed by atoms with E-state index >= 15 is 0 Å². The summed E-state index contributed by atoms with van der Waals surface area (Å²) in [7, 11) is 0. The fourth-order valence-electron chi connectivity index (χ4n) is 0.737. The Morgan fingerprint density at radius 3 is 2.23 bits per heavy atom. The van der Waals surface area contributed by atoms with E-state index in [1.165, 1.54) is 24.3 Å². The molecule has 1 aromatic rings. The van der Waals surface area contributed by atoms with E-state index < -0.39 is 11.8 Å². The molecule has 4 N–H and O–H groups in total. The molecule has 1 rings (SSSR count). The molecule has 0 atom stereocenters. The molecule has 0 aliphatic heterocycles. The molecule has 5 nitrogen and oxygen atoms in total. The van der Waals surface area contributed by atoms with E-state index in [0.717, 1.165) is 0 Å². The zero-order chi connectivity index (χ0) is 9.84. The Morgan fingerprint density at radius 1 is 1.23 bits per heavy atom. The van der Waals surface area contributed by atoms with Crippen molar-refractivity contribution in [3.8, 4) is 5.75 Å². The van der Waals surface area contributed by atoms with Crippen LogP contribution in [0.25, 0.3) is 0 Å². The second kappa shape index (κ2) is 3.57. The van der Waals surface area contributed by atoms with E-state index in [4.69, 9.17) is 10.8 Å². The van der Waals surface area contributed by atoms with Crippen molar-refractivity contribution in [2.45, 2.75) is 0 Å². The van der Waals surface area contributed by atoms with Gasteiger partial charge in [-0.3, -0.25) is 9.59 Å². The summed E-state index contributed by atoms with van der Waals surface area (Å²) in [4.78, 5) is 21.1. The Morgan fingerprint density at radius 2 is 1.77 bits per heavy atom. The predicted molar refractivity (Wildman–Crippen MR) is 45.9 cm³/mol. The number of hydrogen-bond donors (Lipinski definition) is 3. The van der Waals surface area contributed by atoms with Crippen molar-refractivity contribution >= 4 is 17.5 Å². The standard InChI is InChI=1S/C8H8N2O3/c9-7(12)8(13)10-5-1-3-6(11)4-2-5/h1-4,11H,(H2,9,12)(H,10,13). The minimum Gasteiger partial charge on any atom is -0.508 e. The number of rotatable bonds is 1. The second-order valence-corrected chi connectivity index (χ2v) is 2.37. The minimum absolute atomic E-state index is 0.0806. The van der Waals surface area contributed by atoms with Gasteiger partial charge in [-0.05, 0) is 24.3 Å². The van der Waals surface area contributed by atoms with Gasteiger partial charge >= 0.3 is 11.8 Å². The average molecular weight is 180 g/mol. The number of phenols is 1. The maximum absolute atomic E-state index is 10.7. The van der Waals surface area contributed by atoms with E-state index in [0.29, 0.717) is 5.69 Å². The van der Waals surface area contributed by atoms with Gasteiger partial charge in [0.25, 0.3) is 0 Å². The molecular weight excluding hydrogens is 172 g/mol. The predicted octanol–water partition coefficient (Wildman–Crippen LogP) is -0.184. The molecular formula is C8H8N2O3. The first-order valence-corrected chi connectivity index (χ1v) is 3.49. The fourth-order valence-corrected chi connectivity index (χ4v) is 0.737. The highest BCUT2D eigenvalue weighted by Crippen LogP contribution is 2.13. The molecule has 0 bridgehead atoms. The van der Waals surface area contributed by atoms with E-state index in [1.54, 1.807) is 0 Å². The van der Waals surface area contributed by atoms with Gasteiger partial charge in [-0.1, -0.05) is 0 Å². The molecule has 1 aromatic carbocycles. The van der Waals surface area contributed by atoms with E-state index in [9.17, 15) is 9.59 Å². The lowest BCUT2D eigenvalue weighted by Gasteiger charge is -2.01. The maximum atomic E-state index is 10.7. The number of nitrogens with one attached hydrogen (secondary N) is 1. The van der Waals surface area contributed by atoms with E-state index in [1.807, 2.05) is 0 Å². The zero-order valence-electron chi connectivity index (χ0n) is 6.65. The number of carbonyl (C=O) groups is 2. The third-order valence-electron chi connectivity index (χ3n) is 1.35. The van der Waals surface area contributed by atoms with Gasteiger partial charge in [0, 0.05) is 5.69 Å². The molecule has 13 heavy (non-hydrogen) atoms. The van der Waals surface area contributed by atoms with Crippen LogP contribution >= 0.6 is 0 Å². The van der Waals surface area contributed by atoms with Crippen molar-refractivity contribution in [1.82, 2.24) is 0 Å². The summed E-state index contributed by atoms with van der Waals surface area (Å²) in [5.41, 5.74) is 5.12. The molecule has 5 heteroatoms. The molecule has 0 saturated carbocycles. The number of benzene rings is 1. The molecule has 0 heterocycles. The Labute approximate surface area is 74.2 Å². The summed E-state index contributed by atoms with van der Waals surface area (Å²) in [5, 5.41) is 11.1. The van der Waals surface area contributed by atoms with Gasteiger partial charge in [0.1, 0.15) is 5.75 Å². The molecule has 0 aliphatic rings. The number of amides is 2. The monoisotopic (exact) mass is 180 g/mol. The van der Waals surface area contributed by atoms with Crippen molar-refractivity contribution in [3.05, 3.63) is 24.3 Å². The smallest absolute Gasteiger partial charge is 0.313 e. The first kappa shape index (κ1) is 9.05. The van der Waals surface area contributed by atoms with Crippen LogP contribution in [0.3, 0.4) is 0 Å². The number of anilines is 1. The molecule has 0 radical (unpaired) electrons. The summed E-state index contributed by atoms with van der Waals surface area (Å²) in [6.07, 6.45) is 0. The Bertz CT molecular complexity index is 332. The molecule has 0 aliphatic carbocycles. The molecule has 0 spiro atoms. The molecule has 0 unspecified atom stereocenters. The summed E-state index contributed by atoms with van der Waals surface area (Å²) in [6.45, 7) is 0. The van der Waals surface area contributed by atoms with E-state index in [2.05, 4.69) is 5.32 Å². The maximum Gasteiger partial charge on any atom is 0.313 e. The SMILES string of the molecule is NC(=O)C(=O)Nc1ccc(O)cc1. The zero-order valence-corrected chi connectivity index (χ0v) is 6.65. The Balaban J connectivity index is 2.70. The highest BCUT2D eigenvalue weighted by molar-refractivity contribution is 6.39. The van der Waals surface area contributed by atoms with Crippen LogP contribution in [0.1, 0.15) is 0 Å². The Hall–Kier alpha value is -2.04. The van der Waals surface area contributed by atoms with Crippen LogP contribution in [0.5, 0.6) is 5.75 Å². The van der Waals surface area contributed by atoms with Crippen LogP contribution < -0.4 is 11.1 Å². The summed E-state index contributed by atoms with van der Waals surface area (Å²) >= 11 is 0. The van der Waals surface area contributed by atoms with Gasteiger partial charge in [0.2, 0.25) is 0 Å². The van der Waals surface area contributed by atoms with Crippen molar-refractivity contribution in [1.29, 1.82) is 0 Å². The van der Waals surface area contributed by atoms with Crippen LogP contribution in [-0.4, -0.2) is 16.9 Å². The molecule has 68 valence electrons. The number of phenolic OH excluding ortho intramolecular Hbond substituents is 1. The van der Waals surface area contributed by atoms with Gasteiger partial charge in [0.15, 0.2) is 0 Å². The van der Waals surface area contributed by atoms with Crippen LogP contribution in [0.15, 0.2) is 24.3 Å². The minimum atomic E-state index is -1.05. The lowest BCUT2D eigenvalue weighted by Crippen LogP contribution is -2.29. The Kier molecular flexibility index (Phi) is 2.49.